The van der Waals surface area contributed by atoms with Crippen molar-refractivity contribution in [2.24, 2.45) is 5.18 Å². The number of ether oxygens (including phenoxy) is 3. The van der Waals surface area contributed by atoms with Crippen LogP contribution in [0.5, 0.6) is 17.2 Å². The Hall–Kier alpha value is -1.78. The monoisotopic (exact) mass is 197 g/mol. The fourth-order valence-electron chi connectivity index (χ4n) is 1.08. The summed E-state index contributed by atoms with van der Waals surface area (Å²) in [4.78, 5) is 10.5. The second-order valence-corrected chi connectivity index (χ2v) is 2.47. The molecule has 0 aromatic heterocycles. The van der Waals surface area contributed by atoms with E-state index in [1.54, 1.807) is 12.1 Å². The van der Waals surface area contributed by atoms with E-state index >= 15 is 0 Å². The maximum atomic E-state index is 10.5. The highest BCUT2D eigenvalue weighted by Crippen LogP contribution is 2.40. The molecule has 0 radical (unpaired) electrons. The molecule has 1 aromatic carbocycles. The minimum absolute atomic E-state index is 0.135. The summed E-state index contributed by atoms with van der Waals surface area (Å²) < 4.78 is 14.9. The second-order valence-electron chi connectivity index (χ2n) is 2.47. The molecule has 0 bridgehead atoms. The normalized spacial score (nSPS) is 9.36. The van der Waals surface area contributed by atoms with E-state index in [0.29, 0.717) is 17.2 Å². The van der Waals surface area contributed by atoms with Crippen molar-refractivity contribution in [1.82, 2.24) is 0 Å². The Labute approximate surface area is 81.6 Å². The van der Waals surface area contributed by atoms with Gasteiger partial charge in [-0.2, -0.15) is 0 Å². The molecule has 14 heavy (non-hydrogen) atoms. The lowest BCUT2D eigenvalue weighted by Gasteiger charge is -2.09. The van der Waals surface area contributed by atoms with Gasteiger partial charge in [0, 0.05) is 12.1 Å². The topological polar surface area (TPSA) is 57.1 Å². The maximum absolute atomic E-state index is 10.5. The largest absolute Gasteiger partial charge is 0.496 e. The van der Waals surface area contributed by atoms with E-state index < -0.39 is 0 Å². The van der Waals surface area contributed by atoms with Gasteiger partial charge >= 0.3 is 0 Å². The van der Waals surface area contributed by atoms with Crippen LogP contribution in [0.2, 0.25) is 0 Å². The Kier molecular flexibility index (Phi) is 3.28. The zero-order valence-electron chi connectivity index (χ0n) is 8.23. The Morgan fingerprint density at radius 3 is 1.79 bits per heavy atom. The molecular weight excluding hydrogens is 186 g/mol. The van der Waals surface area contributed by atoms with Crippen LogP contribution in [0.25, 0.3) is 0 Å². The van der Waals surface area contributed by atoms with Gasteiger partial charge in [0.15, 0.2) is 17.2 Å². The summed E-state index contributed by atoms with van der Waals surface area (Å²) in [5.74, 6) is 1.21. The fraction of sp³-hybridized carbons (Fsp3) is 0.333. The molecular formula is C9H11NO4. The zero-order chi connectivity index (χ0) is 10.6. The number of hydrogen-bond acceptors (Lipinski definition) is 5. The summed E-state index contributed by atoms with van der Waals surface area (Å²) >= 11 is 0. The first kappa shape index (κ1) is 10.3. The van der Waals surface area contributed by atoms with Crippen LogP contribution in [0, 0.1) is 4.91 Å². The Morgan fingerprint density at radius 1 is 1.00 bits per heavy atom. The van der Waals surface area contributed by atoms with E-state index in [1.807, 2.05) is 0 Å². The first-order chi connectivity index (χ1) is 6.76. The highest BCUT2D eigenvalue weighted by Gasteiger charge is 2.13. The van der Waals surface area contributed by atoms with E-state index in [1.165, 1.54) is 21.3 Å². The Balaban J connectivity index is 3.31. The predicted octanol–water partition coefficient (Wildman–Crippen LogP) is 2.11. The summed E-state index contributed by atoms with van der Waals surface area (Å²) in [6.45, 7) is 0. The van der Waals surface area contributed by atoms with Gasteiger partial charge in [-0.15, -0.1) is 4.91 Å². The first-order valence-electron chi connectivity index (χ1n) is 3.90. The summed E-state index contributed by atoms with van der Waals surface area (Å²) in [6, 6.07) is 3.14. The van der Waals surface area contributed by atoms with Crippen molar-refractivity contribution >= 4 is 5.69 Å². The Bertz CT molecular complexity index is 313. The molecule has 0 aliphatic heterocycles. The van der Waals surface area contributed by atoms with Gasteiger partial charge in [-0.05, 0) is 5.18 Å². The van der Waals surface area contributed by atoms with Crippen molar-refractivity contribution in [1.29, 1.82) is 0 Å². The third-order valence-corrected chi connectivity index (χ3v) is 1.78. The lowest BCUT2D eigenvalue weighted by atomic mass is 10.2. The van der Waals surface area contributed by atoms with Crippen molar-refractivity contribution in [2.75, 3.05) is 21.3 Å². The molecule has 0 fully saturated rings. The van der Waals surface area contributed by atoms with Crippen LogP contribution in [0.1, 0.15) is 0 Å². The van der Waals surface area contributed by atoms with Crippen molar-refractivity contribution in [2.45, 2.75) is 0 Å². The van der Waals surface area contributed by atoms with E-state index in [9.17, 15) is 4.91 Å². The lowest BCUT2D eigenvalue weighted by Crippen LogP contribution is -1.91. The molecule has 0 saturated heterocycles. The number of benzene rings is 1. The van der Waals surface area contributed by atoms with Crippen LogP contribution < -0.4 is 14.2 Å². The van der Waals surface area contributed by atoms with E-state index in [-0.39, 0.29) is 5.69 Å². The number of nitroso groups, excluding NO2 is 1. The van der Waals surface area contributed by atoms with Crippen molar-refractivity contribution < 1.29 is 14.2 Å². The molecule has 0 saturated carbocycles. The van der Waals surface area contributed by atoms with Gasteiger partial charge in [0.2, 0.25) is 0 Å². The number of rotatable bonds is 4. The van der Waals surface area contributed by atoms with Gasteiger partial charge in [0.05, 0.1) is 21.3 Å². The van der Waals surface area contributed by atoms with Crippen LogP contribution in [-0.2, 0) is 0 Å². The molecule has 5 heteroatoms. The quantitative estimate of drug-likeness (QED) is 0.693. The zero-order valence-corrected chi connectivity index (χ0v) is 8.23. The maximum Gasteiger partial charge on any atom is 0.191 e. The summed E-state index contributed by atoms with van der Waals surface area (Å²) in [5, 5.41) is 2.83. The third-order valence-electron chi connectivity index (χ3n) is 1.78. The lowest BCUT2D eigenvalue weighted by molar-refractivity contribution is 0.377. The van der Waals surface area contributed by atoms with Crippen LogP contribution in [0.4, 0.5) is 5.69 Å². The molecule has 76 valence electrons. The van der Waals surface area contributed by atoms with E-state index in [4.69, 9.17) is 14.2 Å². The van der Waals surface area contributed by atoms with Crippen molar-refractivity contribution in [3.8, 4) is 17.2 Å². The van der Waals surface area contributed by atoms with Gasteiger partial charge in [-0.1, -0.05) is 0 Å². The standard InChI is InChI=1S/C9H11NO4/c1-12-6-4-7(13-2)9(10-11)8(5-6)14-3/h4-5H,1-3H3. The van der Waals surface area contributed by atoms with Gasteiger partial charge < -0.3 is 14.2 Å². The average Bonchev–Trinajstić information content (AvgIpc) is 2.26. The molecule has 0 amide bonds. The van der Waals surface area contributed by atoms with Crippen LogP contribution >= 0.6 is 0 Å². The molecule has 0 unspecified atom stereocenters. The summed E-state index contributed by atoms with van der Waals surface area (Å²) in [5.41, 5.74) is 0.135. The van der Waals surface area contributed by atoms with Crippen LogP contribution in [-0.4, -0.2) is 21.3 Å². The van der Waals surface area contributed by atoms with Crippen LogP contribution in [0.3, 0.4) is 0 Å². The number of nitrogens with zero attached hydrogens (tertiary/aromatic N) is 1. The van der Waals surface area contributed by atoms with Gasteiger partial charge in [0.25, 0.3) is 0 Å². The highest BCUT2D eigenvalue weighted by molar-refractivity contribution is 5.64. The van der Waals surface area contributed by atoms with E-state index in [0.717, 1.165) is 0 Å². The molecule has 0 N–H and O–H groups in total. The molecule has 0 aliphatic carbocycles. The second kappa shape index (κ2) is 4.45. The third kappa shape index (κ3) is 1.76. The molecule has 1 rings (SSSR count). The molecule has 5 nitrogen and oxygen atoms in total. The molecule has 0 heterocycles. The predicted molar refractivity (Wildman–Crippen MR) is 51.6 cm³/mol. The van der Waals surface area contributed by atoms with E-state index in [2.05, 4.69) is 5.18 Å². The minimum atomic E-state index is 0.135. The number of methoxy groups -OCH3 is 3. The molecule has 0 atom stereocenters. The Morgan fingerprint density at radius 2 is 1.50 bits per heavy atom. The summed E-state index contributed by atoms with van der Waals surface area (Å²) in [7, 11) is 4.41. The highest BCUT2D eigenvalue weighted by atomic mass is 16.5. The van der Waals surface area contributed by atoms with Crippen molar-refractivity contribution in [3.05, 3.63) is 17.0 Å². The van der Waals surface area contributed by atoms with Gasteiger partial charge in [-0.25, -0.2) is 0 Å². The smallest absolute Gasteiger partial charge is 0.191 e. The SMILES string of the molecule is COc1cc(OC)c(N=O)c(OC)c1. The fourth-order valence-corrected chi connectivity index (χ4v) is 1.08. The molecule has 0 spiro atoms. The summed E-state index contributed by atoms with van der Waals surface area (Å²) in [6.07, 6.45) is 0. The average molecular weight is 197 g/mol. The van der Waals surface area contributed by atoms with Crippen LogP contribution in [0.15, 0.2) is 17.3 Å². The molecule has 0 aliphatic rings. The first-order valence-corrected chi connectivity index (χ1v) is 3.90. The van der Waals surface area contributed by atoms with Gasteiger partial charge in [-0.3, -0.25) is 0 Å². The van der Waals surface area contributed by atoms with Gasteiger partial charge in [0.1, 0.15) is 5.75 Å². The number of hydrogen-bond donors (Lipinski definition) is 0. The molecule has 1 aromatic rings. The van der Waals surface area contributed by atoms with Crippen molar-refractivity contribution in [3.63, 3.8) is 0 Å². The minimum Gasteiger partial charge on any atom is -0.496 e.